The summed E-state index contributed by atoms with van der Waals surface area (Å²) in [6.45, 7) is 2.02. The second-order valence-electron chi connectivity index (χ2n) is 7.81. The molecule has 2 amide bonds. The SMILES string of the molecule is CC(c1ccccc1)N(CCC(=O)Nc1nnc(-c2ccc(Cl)cc2)s1)C(=O)c1cccc(F)c1. The van der Waals surface area contributed by atoms with Crippen LogP contribution in [0.3, 0.4) is 0 Å². The van der Waals surface area contributed by atoms with Gasteiger partial charge in [-0.3, -0.25) is 9.59 Å². The average molecular weight is 509 g/mol. The van der Waals surface area contributed by atoms with E-state index in [-0.39, 0.29) is 36.4 Å². The summed E-state index contributed by atoms with van der Waals surface area (Å²) in [7, 11) is 0. The Labute approximate surface area is 211 Å². The minimum atomic E-state index is -0.492. The fraction of sp³-hybridized carbons (Fsp3) is 0.154. The van der Waals surface area contributed by atoms with Crippen LogP contribution in [0.25, 0.3) is 10.6 Å². The molecule has 0 spiro atoms. The van der Waals surface area contributed by atoms with E-state index in [0.29, 0.717) is 15.2 Å². The maximum atomic E-state index is 13.8. The van der Waals surface area contributed by atoms with E-state index in [9.17, 15) is 14.0 Å². The van der Waals surface area contributed by atoms with Gasteiger partial charge in [-0.1, -0.05) is 71.5 Å². The molecule has 4 rings (SSSR count). The Balaban J connectivity index is 1.46. The summed E-state index contributed by atoms with van der Waals surface area (Å²) in [5, 5.41) is 12.5. The molecule has 1 aromatic heterocycles. The summed E-state index contributed by atoms with van der Waals surface area (Å²) in [5.74, 6) is -1.15. The lowest BCUT2D eigenvalue weighted by molar-refractivity contribution is -0.116. The quantitative estimate of drug-likeness (QED) is 0.306. The summed E-state index contributed by atoms with van der Waals surface area (Å²) in [4.78, 5) is 27.5. The molecule has 0 aliphatic carbocycles. The molecule has 0 saturated heterocycles. The Morgan fingerprint density at radius 2 is 1.77 bits per heavy atom. The lowest BCUT2D eigenvalue weighted by Gasteiger charge is -2.29. The molecule has 0 aliphatic heterocycles. The van der Waals surface area contributed by atoms with Gasteiger partial charge in [-0.2, -0.15) is 0 Å². The van der Waals surface area contributed by atoms with Gasteiger partial charge >= 0.3 is 0 Å². The molecule has 0 bridgehead atoms. The van der Waals surface area contributed by atoms with Gasteiger partial charge in [0, 0.05) is 29.1 Å². The molecular weight excluding hydrogens is 487 g/mol. The predicted octanol–water partition coefficient (Wildman–Crippen LogP) is 6.23. The smallest absolute Gasteiger partial charge is 0.254 e. The molecule has 9 heteroatoms. The number of nitrogens with zero attached hydrogens (tertiary/aromatic N) is 3. The first-order chi connectivity index (χ1) is 16.9. The van der Waals surface area contributed by atoms with Gasteiger partial charge < -0.3 is 10.2 Å². The Bertz CT molecular complexity index is 1310. The number of aromatic nitrogens is 2. The Morgan fingerprint density at radius 3 is 2.49 bits per heavy atom. The third kappa shape index (κ3) is 6.29. The van der Waals surface area contributed by atoms with Crippen molar-refractivity contribution in [3.8, 4) is 10.6 Å². The van der Waals surface area contributed by atoms with Crippen LogP contribution in [-0.4, -0.2) is 33.5 Å². The monoisotopic (exact) mass is 508 g/mol. The van der Waals surface area contributed by atoms with E-state index in [1.165, 1.54) is 29.5 Å². The van der Waals surface area contributed by atoms with Gasteiger partial charge in [0.1, 0.15) is 10.8 Å². The number of carbonyl (C=O) groups excluding carboxylic acids is 2. The third-order valence-electron chi connectivity index (χ3n) is 5.42. The number of halogens is 2. The van der Waals surface area contributed by atoms with E-state index >= 15 is 0 Å². The van der Waals surface area contributed by atoms with Gasteiger partial charge in [-0.15, -0.1) is 10.2 Å². The Kier molecular flexibility index (Phi) is 7.84. The molecule has 0 saturated carbocycles. The maximum absolute atomic E-state index is 13.8. The van der Waals surface area contributed by atoms with Crippen LogP contribution >= 0.6 is 22.9 Å². The van der Waals surface area contributed by atoms with Gasteiger partial charge in [-0.25, -0.2) is 4.39 Å². The lowest BCUT2D eigenvalue weighted by Crippen LogP contribution is -2.36. The molecule has 35 heavy (non-hydrogen) atoms. The van der Waals surface area contributed by atoms with E-state index < -0.39 is 5.82 Å². The van der Waals surface area contributed by atoms with Crippen LogP contribution in [0.1, 0.15) is 35.3 Å². The molecule has 1 N–H and O–H groups in total. The molecule has 178 valence electrons. The highest BCUT2D eigenvalue weighted by Crippen LogP contribution is 2.28. The van der Waals surface area contributed by atoms with Gasteiger partial charge in [0.2, 0.25) is 11.0 Å². The molecule has 0 fully saturated rings. The third-order valence-corrected chi connectivity index (χ3v) is 6.56. The first-order valence-corrected chi connectivity index (χ1v) is 12.1. The molecule has 3 aromatic carbocycles. The van der Waals surface area contributed by atoms with Crippen molar-refractivity contribution in [2.24, 2.45) is 0 Å². The zero-order valence-corrected chi connectivity index (χ0v) is 20.4. The highest BCUT2D eigenvalue weighted by molar-refractivity contribution is 7.18. The van der Waals surface area contributed by atoms with E-state index in [0.717, 1.165) is 11.1 Å². The number of benzene rings is 3. The molecule has 0 radical (unpaired) electrons. The fourth-order valence-electron chi connectivity index (χ4n) is 3.56. The number of amides is 2. The number of hydrogen-bond donors (Lipinski definition) is 1. The minimum Gasteiger partial charge on any atom is -0.331 e. The molecule has 0 aliphatic rings. The predicted molar refractivity (Wildman–Crippen MR) is 136 cm³/mol. The molecular formula is C26H22ClFN4O2S. The van der Waals surface area contributed by atoms with E-state index in [1.54, 1.807) is 23.1 Å². The first kappa shape index (κ1) is 24.5. The molecule has 1 atom stereocenters. The Hall–Kier alpha value is -3.62. The highest BCUT2D eigenvalue weighted by Gasteiger charge is 2.24. The molecule has 1 heterocycles. The van der Waals surface area contributed by atoms with Crippen molar-refractivity contribution in [2.75, 3.05) is 11.9 Å². The molecule has 4 aromatic rings. The molecule has 6 nitrogen and oxygen atoms in total. The Morgan fingerprint density at radius 1 is 1.03 bits per heavy atom. The molecule has 1 unspecified atom stereocenters. The fourth-order valence-corrected chi connectivity index (χ4v) is 4.45. The van der Waals surface area contributed by atoms with Crippen LogP contribution < -0.4 is 5.32 Å². The van der Waals surface area contributed by atoms with Crippen molar-refractivity contribution in [1.82, 2.24) is 15.1 Å². The number of anilines is 1. The van der Waals surface area contributed by atoms with Crippen molar-refractivity contribution in [2.45, 2.75) is 19.4 Å². The van der Waals surface area contributed by atoms with Crippen molar-refractivity contribution < 1.29 is 14.0 Å². The second kappa shape index (κ2) is 11.2. The van der Waals surface area contributed by atoms with E-state index in [4.69, 9.17) is 11.6 Å². The zero-order valence-electron chi connectivity index (χ0n) is 18.8. The van der Waals surface area contributed by atoms with Gasteiger partial charge in [0.05, 0.1) is 6.04 Å². The number of hydrogen-bond acceptors (Lipinski definition) is 5. The van der Waals surface area contributed by atoms with Gasteiger partial charge in [0.15, 0.2) is 0 Å². The summed E-state index contributed by atoms with van der Waals surface area (Å²) < 4.78 is 13.8. The van der Waals surface area contributed by atoms with Crippen molar-refractivity contribution >= 4 is 39.9 Å². The lowest BCUT2D eigenvalue weighted by atomic mass is 10.0. The van der Waals surface area contributed by atoms with E-state index in [1.807, 2.05) is 49.4 Å². The minimum absolute atomic E-state index is 0.0358. The first-order valence-electron chi connectivity index (χ1n) is 10.9. The van der Waals surface area contributed by atoms with Crippen molar-refractivity contribution in [3.05, 3.63) is 101 Å². The second-order valence-corrected chi connectivity index (χ2v) is 9.23. The topological polar surface area (TPSA) is 75.2 Å². The maximum Gasteiger partial charge on any atom is 0.254 e. The van der Waals surface area contributed by atoms with Crippen molar-refractivity contribution in [3.63, 3.8) is 0 Å². The number of nitrogens with one attached hydrogen (secondary N) is 1. The normalized spacial score (nSPS) is 11.6. The number of rotatable bonds is 8. The number of carbonyl (C=O) groups is 2. The largest absolute Gasteiger partial charge is 0.331 e. The summed E-state index contributed by atoms with van der Waals surface area (Å²) >= 11 is 7.17. The summed E-state index contributed by atoms with van der Waals surface area (Å²) in [5.41, 5.74) is 1.98. The summed E-state index contributed by atoms with van der Waals surface area (Å²) in [6.07, 6.45) is 0.0358. The van der Waals surface area contributed by atoms with E-state index in [2.05, 4.69) is 15.5 Å². The van der Waals surface area contributed by atoms with Gasteiger partial charge in [0.25, 0.3) is 5.91 Å². The average Bonchev–Trinajstić information content (AvgIpc) is 3.33. The van der Waals surface area contributed by atoms with Crippen molar-refractivity contribution in [1.29, 1.82) is 0 Å². The highest BCUT2D eigenvalue weighted by atomic mass is 35.5. The van der Waals surface area contributed by atoms with Crippen LogP contribution in [0.15, 0.2) is 78.9 Å². The van der Waals surface area contributed by atoms with Crippen LogP contribution in [0.2, 0.25) is 5.02 Å². The zero-order chi connectivity index (χ0) is 24.8. The van der Waals surface area contributed by atoms with Gasteiger partial charge in [-0.05, 0) is 42.8 Å². The standard InChI is InChI=1S/C26H22ClFN4O2S/c1-17(18-6-3-2-4-7-18)32(25(34)20-8-5-9-22(28)16-20)15-14-23(33)29-26-31-30-24(35-26)19-10-12-21(27)13-11-19/h2-13,16-17H,14-15H2,1H3,(H,29,31,33). The van der Waals surface area contributed by atoms with Crippen LogP contribution in [0.4, 0.5) is 9.52 Å². The summed E-state index contributed by atoms with van der Waals surface area (Å²) in [6, 6.07) is 21.9. The van der Waals surface area contributed by atoms with Crippen LogP contribution in [0, 0.1) is 5.82 Å². The van der Waals surface area contributed by atoms with Crippen LogP contribution in [0.5, 0.6) is 0 Å². The van der Waals surface area contributed by atoms with Crippen LogP contribution in [-0.2, 0) is 4.79 Å².